The van der Waals surface area contributed by atoms with Gasteiger partial charge >= 0.3 is 0 Å². The average Bonchev–Trinajstić information content (AvgIpc) is 2.43. The minimum atomic E-state index is -3.37. The van der Waals surface area contributed by atoms with Crippen LogP contribution in [0.3, 0.4) is 0 Å². The second kappa shape index (κ2) is 6.89. The smallest absolute Gasteiger partial charge is 0.176 e. The summed E-state index contributed by atoms with van der Waals surface area (Å²) in [5.74, 6) is 0. The first-order valence-corrected chi connectivity index (χ1v) is 10.1. The molecule has 126 valence electrons. The Morgan fingerprint density at radius 2 is 1.62 bits per heavy atom. The van der Waals surface area contributed by atoms with Crippen LogP contribution >= 0.6 is 23.2 Å². The highest BCUT2D eigenvalue weighted by Gasteiger charge is 2.29. The normalized spacial score (nSPS) is 15.2. The van der Waals surface area contributed by atoms with Crippen molar-refractivity contribution in [1.82, 2.24) is 4.90 Å². The Hall–Kier alpha value is -1.33. The number of sulfone groups is 1. The van der Waals surface area contributed by atoms with Gasteiger partial charge in [0.1, 0.15) is 0 Å². The summed E-state index contributed by atoms with van der Waals surface area (Å²) in [4.78, 5) is 2.54. The molecular weight excluding hydrogens is 365 g/mol. The van der Waals surface area contributed by atoms with E-state index in [-0.39, 0.29) is 0 Å². The van der Waals surface area contributed by atoms with Crippen LogP contribution in [0.4, 0.5) is 0 Å². The third kappa shape index (κ3) is 4.01. The van der Waals surface area contributed by atoms with E-state index in [1.54, 1.807) is 18.2 Å². The van der Waals surface area contributed by atoms with E-state index >= 15 is 0 Å². The first kappa shape index (κ1) is 17.5. The molecule has 2 aromatic carbocycles. The summed E-state index contributed by atoms with van der Waals surface area (Å²) < 4.78 is 24.6. The number of hydrogen-bond acceptors (Lipinski definition) is 3. The molecule has 24 heavy (non-hydrogen) atoms. The van der Waals surface area contributed by atoms with Gasteiger partial charge in [-0.1, -0.05) is 53.5 Å². The number of rotatable bonds is 4. The molecule has 3 nitrogen and oxygen atoms in total. The van der Waals surface area contributed by atoms with E-state index in [1.165, 1.54) is 11.8 Å². The topological polar surface area (TPSA) is 37.4 Å². The van der Waals surface area contributed by atoms with Crippen LogP contribution in [0.1, 0.15) is 11.1 Å². The first-order valence-electron chi connectivity index (χ1n) is 7.48. The molecular formula is C18H17Cl2NO2S. The quantitative estimate of drug-likeness (QED) is 0.793. The lowest BCUT2D eigenvalue weighted by Gasteiger charge is -2.35. The van der Waals surface area contributed by atoms with Crippen LogP contribution in [0.5, 0.6) is 0 Å². The predicted molar refractivity (Wildman–Crippen MR) is 99.9 cm³/mol. The van der Waals surface area contributed by atoms with Gasteiger partial charge in [-0.15, -0.1) is 0 Å². The lowest BCUT2D eigenvalue weighted by molar-refractivity contribution is 0.243. The van der Waals surface area contributed by atoms with Gasteiger partial charge < -0.3 is 0 Å². The largest absolute Gasteiger partial charge is 0.291 e. The van der Waals surface area contributed by atoms with Crippen molar-refractivity contribution in [3.8, 4) is 0 Å². The fraction of sp³-hybridized carbons (Fsp3) is 0.222. The van der Waals surface area contributed by atoms with E-state index in [0.29, 0.717) is 33.6 Å². The second-order valence-corrected chi connectivity index (χ2v) is 8.82. The van der Waals surface area contributed by atoms with E-state index in [2.05, 4.69) is 17.0 Å². The fourth-order valence-corrected chi connectivity index (χ4v) is 4.68. The van der Waals surface area contributed by atoms with Gasteiger partial charge in [-0.05, 0) is 34.9 Å². The molecule has 1 aliphatic rings. The molecule has 0 unspecified atom stereocenters. The van der Waals surface area contributed by atoms with Crippen LogP contribution in [0, 0.1) is 0 Å². The second-order valence-electron chi connectivity index (χ2n) is 5.99. The fourth-order valence-electron chi connectivity index (χ4n) is 2.96. The van der Waals surface area contributed by atoms with E-state index in [1.807, 2.05) is 18.2 Å². The molecule has 1 aliphatic heterocycles. The lowest BCUT2D eigenvalue weighted by atomic mass is 10.0. The van der Waals surface area contributed by atoms with Gasteiger partial charge in [-0.3, -0.25) is 4.90 Å². The van der Waals surface area contributed by atoms with Gasteiger partial charge in [0, 0.05) is 35.9 Å². The number of benzene rings is 2. The summed E-state index contributed by atoms with van der Waals surface area (Å²) in [5, 5.41) is 0.861. The van der Waals surface area contributed by atoms with Crippen LogP contribution in [0.2, 0.25) is 10.0 Å². The molecule has 1 saturated heterocycles. The summed E-state index contributed by atoms with van der Waals surface area (Å²) in [7, 11) is -3.37. The summed E-state index contributed by atoms with van der Waals surface area (Å²) in [5.41, 5.74) is 2.67. The van der Waals surface area contributed by atoms with Crippen molar-refractivity contribution < 1.29 is 8.42 Å². The maximum absolute atomic E-state index is 12.3. The van der Waals surface area contributed by atoms with Gasteiger partial charge in [-0.25, -0.2) is 8.42 Å². The van der Waals surface area contributed by atoms with Crippen molar-refractivity contribution >= 4 is 37.9 Å². The van der Waals surface area contributed by atoms with Gasteiger partial charge in [0.05, 0.1) is 4.91 Å². The van der Waals surface area contributed by atoms with Gasteiger partial charge in [0.15, 0.2) is 9.84 Å². The molecule has 6 heteroatoms. The number of nitrogens with zero attached hydrogens (tertiary/aromatic N) is 1. The Morgan fingerprint density at radius 3 is 2.17 bits per heavy atom. The molecule has 0 saturated carbocycles. The Balaban J connectivity index is 1.87. The highest BCUT2D eigenvalue weighted by molar-refractivity contribution is 8.00. The molecule has 0 aliphatic carbocycles. The molecule has 0 radical (unpaired) electrons. The Labute approximate surface area is 152 Å². The zero-order chi connectivity index (χ0) is 17.3. The SMILES string of the molecule is CS(=O)(=O)C(=C1CN(Cc2ccccc2)C1)c1cc(Cl)cc(Cl)c1. The zero-order valence-electron chi connectivity index (χ0n) is 13.2. The monoisotopic (exact) mass is 381 g/mol. The minimum Gasteiger partial charge on any atom is -0.291 e. The molecule has 0 N–H and O–H groups in total. The van der Waals surface area contributed by atoms with Gasteiger partial charge in [0.2, 0.25) is 0 Å². The highest BCUT2D eigenvalue weighted by Crippen LogP contribution is 2.33. The third-order valence-corrected chi connectivity index (χ3v) is 5.60. The predicted octanol–water partition coefficient (Wildman–Crippen LogP) is 4.26. The van der Waals surface area contributed by atoms with Crippen molar-refractivity contribution in [1.29, 1.82) is 0 Å². The van der Waals surface area contributed by atoms with Crippen LogP contribution in [0.25, 0.3) is 4.91 Å². The molecule has 1 heterocycles. The standard InChI is InChI=1S/C18H17Cl2NO2S/c1-24(22,23)18(14-7-16(19)9-17(20)8-14)15-11-21(12-15)10-13-5-3-2-4-6-13/h2-9H,10-12H2,1H3. The molecule has 0 amide bonds. The minimum absolute atomic E-state index is 0.344. The number of hydrogen-bond donors (Lipinski definition) is 0. The van der Waals surface area contributed by atoms with Gasteiger partial charge in [-0.2, -0.15) is 0 Å². The van der Waals surface area contributed by atoms with Crippen LogP contribution in [0.15, 0.2) is 54.1 Å². The highest BCUT2D eigenvalue weighted by atomic mass is 35.5. The summed E-state index contributed by atoms with van der Waals surface area (Å²) in [6, 6.07) is 15.0. The van der Waals surface area contributed by atoms with Crippen LogP contribution in [-0.4, -0.2) is 32.7 Å². The molecule has 0 aromatic heterocycles. The first-order chi connectivity index (χ1) is 11.3. The van der Waals surface area contributed by atoms with E-state index in [0.717, 1.165) is 12.1 Å². The summed E-state index contributed by atoms with van der Waals surface area (Å²) in [6.07, 6.45) is 1.23. The molecule has 1 fully saturated rings. The van der Waals surface area contributed by atoms with Crippen LogP contribution in [-0.2, 0) is 16.4 Å². The van der Waals surface area contributed by atoms with E-state index in [4.69, 9.17) is 23.2 Å². The van der Waals surface area contributed by atoms with E-state index in [9.17, 15) is 8.42 Å². The number of halogens is 2. The van der Waals surface area contributed by atoms with Crippen LogP contribution < -0.4 is 0 Å². The van der Waals surface area contributed by atoms with Gasteiger partial charge in [0.25, 0.3) is 0 Å². The molecule has 0 atom stereocenters. The average molecular weight is 382 g/mol. The molecule has 0 bridgehead atoms. The summed E-state index contributed by atoms with van der Waals surface area (Å²) >= 11 is 12.1. The number of likely N-dealkylation sites (tertiary alicyclic amines) is 1. The Morgan fingerprint density at radius 1 is 1.04 bits per heavy atom. The lowest BCUT2D eigenvalue weighted by Crippen LogP contribution is -2.40. The third-order valence-electron chi connectivity index (χ3n) is 3.89. The van der Waals surface area contributed by atoms with Crippen molar-refractivity contribution in [2.45, 2.75) is 6.54 Å². The van der Waals surface area contributed by atoms with E-state index < -0.39 is 9.84 Å². The zero-order valence-corrected chi connectivity index (χ0v) is 15.5. The molecule has 2 aromatic rings. The van der Waals surface area contributed by atoms with Crippen molar-refractivity contribution in [2.24, 2.45) is 0 Å². The van der Waals surface area contributed by atoms with Crippen molar-refractivity contribution in [3.63, 3.8) is 0 Å². The molecule has 0 spiro atoms. The maximum atomic E-state index is 12.3. The Bertz CT molecular complexity index is 864. The molecule has 3 rings (SSSR count). The Kier molecular flexibility index (Phi) is 5.02. The van der Waals surface area contributed by atoms with Crippen molar-refractivity contribution in [2.75, 3.05) is 19.3 Å². The summed E-state index contributed by atoms with van der Waals surface area (Å²) in [6.45, 7) is 2.06. The van der Waals surface area contributed by atoms with Crippen molar-refractivity contribution in [3.05, 3.63) is 75.3 Å². The maximum Gasteiger partial charge on any atom is 0.176 e.